The summed E-state index contributed by atoms with van der Waals surface area (Å²) >= 11 is 1.49. The van der Waals surface area contributed by atoms with Gasteiger partial charge in [-0.3, -0.25) is 9.69 Å². The van der Waals surface area contributed by atoms with Gasteiger partial charge in [-0.05, 0) is 24.0 Å². The molecule has 1 aliphatic rings. The van der Waals surface area contributed by atoms with Gasteiger partial charge in [0.05, 0.1) is 5.56 Å². The van der Waals surface area contributed by atoms with E-state index in [1.807, 2.05) is 36.6 Å². The Kier molecular flexibility index (Phi) is 6.90. The van der Waals surface area contributed by atoms with Crippen LogP contribution in [0.2, 0.25) is 0 Å². The Morgan fingerprint density at radius 2 is 1.63 bits per heavy atom. The van der Waals surface area contributed by atoms with Gasteiger partial charge < -0.3 is 9.64 Å². The summed E-state index contributed by atoms with van der Waals surface area (Å²) in [4.78, 5) is 29.6. The summed E-state index contributed by atoms with van der Waals surface area (Å²) in [5, 5.41) is 0. The minimum absolute atomic E-state index is 0.135. The molecule has 27 heavy (non-hydrogen) atoms. The molecule has 0 atom stereocenters. The lowest BCUT2D eigenvalue weighted by atomic mass is 10.2. The van der Waals surface area contributed by atoms with E-state index in [1.165, 1.54) is 17.3 Å². The van der Waals surface area contributed by atoms with Gasteiger partial charge in [-0.15, -0.1) is 11.8 Å². The second-order valence-electron chi connectivity index (χ2n) is 6.42. The summed E-state index contributed by atoms with van der Waals surface area (Å²) in [6, 6.07) is 17.6. The fourth-order valence-electron chi connectivity index (χ4n) is 3.11. The molecule has 1 saturated heterocycles. The average Bonchev–Trinajstić information content (AvgIpc) is 2.73. The lowest BCUT2D eigenvalue weighted by Crippen LogP contribution is -2.49. The van der Waals surface area contributed by atoms with E-state index in [9.17, 15) is 9.59 Å². The average molecular weight is 385 g/mol. The van der Waals surface area contributed by atoms with Gasteiger partial charge in [0.2, 0.25) is 0 Å². The molecule has 0 bridgehead atoms. The van der Waals surface area contributed by atoms with Crippen molar-refractivity contribution in [3.63, 3.8) is 0 Å². The van der Waals surface area contributed by atoms with Crippen molar-refractivity contribution in [3.05, 3.63) is 65.7 Å². The number of piperazine rings is 1. The quantitative estimate of drug-likeness (QED) is 0.566. The SMILES string of the molecule is CSc1ccccc1C(=O)OCC(=O)N1CCN(Cc2ccccc2)CC1. The molecule has 0 aliphatic carbocycles. The molecule has 0 aromatic heterocycles. The van der Waals surface area contributed by atoms with Gasteiger partial charge in [0.15, 0.2) is 6.61 Å². The zero-order chi connectivity index (χ0) is 19.1. The third kappa shape index (κ3) is 5.34. The molecule has 0 spiro atoms. The van der Waals surface area contributed by atoms with Crippen LogP contribution in [0.4, 0.5) is 0 Å². The Hall–Kier alpha value is -2.31. The van der Waals surface area contributed by atoms with Gasteiger partial charge in [-0.1, -0.05) is 42.5 Å². The predicted molar refractivity (Wildman–Crippen MR) is 107 cm³/mol. The molecule has 1 fully saturated rings. The first-order valence-corrected chi connectivity index (χ1v) is 10.2. The van der Waals surface area contributed by atoms with E-state index in [1.54, 1.807) is 17.0 Å². The summed E-state index contributed by atoms with van der Waals surface area (Å²) in [7, 11) is 0. The zero-order valence-electron chi connectivity index (χ0n) is 15.5. The molecule has 0 saturated carbocycles. The standard InChI is InChI=1S/C21H24N2O3S/c1-27-19-10-6-5-9-18(19)21(25)26-16-20(24)23-13-11-22(12-14-23)15-17-7-3-2-4-8-17/h2-10H,11-16H2,1H3. The highest BCUT2D eigenvalue weighted by Crippen LogP contribution is 2.20. The van der Waals surface area contributed by atoms with E-state index >= 15 is 0 Å². The minimum Gasteiger partial charge on any atom is -0.452 e. The normalized spacial score (nSPS) is 14.8. The molecule has 1 aliphatic heterocycles. The van der Waals surface area contributed by atoms with Crippen LogP contribution >= 0.6 is 11.8 Å². The number of nitrogens with zero attached hydrogens (tertiary/aromatic N) is 2. The summed E-state index contributed by atoms with van der Waals surface area (Å²) in [6.45, 7) is 3.65. The summed E-state index contributed by atoms with van der Waals surface area (Å²) in [5.41, 5.74) is 1.78. The third-order valence-electron chi connectivity index (χ3n) is 4.63. The fourth-order valence-corrected chi connectivity index (χ4v) is 3.69. The predicted octanol–water partition coefficient (Wildman–Crippen LogP) is 2.91. The van der Waals surface area contributed by atoms with E-state index in [2.05, 4.69) is 17.0 Å². The second-order valence-corrected chi connectivity index (χ2v) is 7.27. The first-order valence-electron chi connectivity index (χ1n) is 9.01. The van der Waals surface area contributed by atoms with E-state index in [-0.39, 0.29) is 12.5 Å². The molecule has 6 heteroatoms. The summed E-state index contributed by atoms with van der Waals surface area (Å²) in [5.74, 6) is -0.583. The fraction of sp³-hybridized carbons (Fsp3) is 0.333. The molecular formula is C21H24N2O3S. The second kappa shape index (κ2) is 9.58. The van der Waals surface area contributed by atoms with Gasteiger partial charge in [-0.2, -0.15) is 0 Å². The summed E-state index contributed by atoms with van der Waals surface area (Å²) in [6.07, 6.45) is 1.91. The van der Waals surface area contributed by atoms with E-state index < -0.39 is 5.97 Å². The van der Waals surface area contributed by atoms with Gasteiger partial charge in [0.1, 0.15) is 0 Å². The van der Waals surface area contributed by atoms with Crippen molar-refractivity contribution in [3.8, 4) is 0 Å². The van der Waals surface area contributed by atoms with E-state index in [0.29, 0.717) is 18.7 Å². The maximum atomic E-state index is 12.4. The van der Waals surface area contributed by atoms with Crippen molar-refractivity contribution in [1.82, 2.24) is 9.80 Å². The van der Waals surface area contributed by atoms with Crippen LogP contribution in [-0.2, 0) is 16.1 Å². The van der Waals surface area contributed by atoms with Crippen LogP contribution in [0.3, 0.4) is 0 Å². The maximum Gasteiger partial charge on any atom is 0.339 e. The van der Waals surface area contributed by atoms with Crippen LogP contribution in [0.1, 0.15) is 15.9 Å². The number of benzene rings is 2. The molecular weight excluding hydrogens is 360 g/mol. The van der Waals surface area contributed by atoms with Crippen molar-refractivity contribution in [2.24, 2.45) is 0 Å². The molecule has 0 unspecified atom stereocenters. The van der Waals surface area contributed by atoms with Crippen LogP contribution in [0.15, 0.2) is 59.5 Å². The van der Waals surface area contributed by atoms with Crippen LogP contribution < -0.4 is 0 Å². The zero-order valence-corrected chi connectivity index (χ0v) is 16.3. The van der Waals surface area contributed by atoms with Crippen molar-refractivity contribution in [2.75, 3.05) is 39.0 Å². The van der Waals surface area contributed by atoms with Crippen molar-refractivity contribution >= 4 is 23.6 Å². The molecule has 0 radical (unpaired) electrons. The van der Waals surface area contributed by atoms with Crippen LogP contribution in [-0.4, -0.2) is 60.7 Å². The molecule has 2 aromatic carbocycles. The molecule has 5 nitrogen and oxygen atoms in total. The number of carbonyl (C=O) groups excluding carboxylic acids is 2. The Morgan fingerprint density at radius 3 is 2.33 bits per heavy atom. The molecule has 1 amide bonds. The monoisotopic (exact) mass is 384 g/mol. The van der Waals surface area contributed by atoms with Gasteiger partial charge in [0.25, 0.3) is 5.91 Å². The highest BCUT2D eigenvalue weighted by atomic mass is 32.2. The van der Waals surface area contributed by atoms with Crippen LogP contribution in [0, 0.1) is 0 Å². The molecule has 3 rings (SSSR count). The van der Waals surface area contributed by atoms with E-state index in [0.717, 1.165) is 24.5 Å². The lowest BCUT2D eigenvalue weighted by Gasteiger charge is -2.34. The third-order valence-corrected chi connectivity index (χ3v) is 5.42. The molecule has 2 aromatic rings. The number of ether oxygens (including phenoxy) is 1. The number of esters is 1. The van der Waals surface area contributed by atoms with Gasteiger partial charge >= 0.3 is 5.97 Å². The Balaban J connectivity index is 1.45. The van der Waals surface area contributed by atoms with Crippen LogP contribution in [0.25, 0.3) is 0 Å². The molecule has 142 valence electrons. The van der Waals surface area contributed by atoms with Crippen molar-refractivity contribution in [1.29, 1.82) is 0 Å². The highest BCUT2D eigenvalue weighted by molar-refractivity contribution is 7.98. The largest absolute Gasteiger partial charge is 0.452 e. The first-order chi connectivity index (χ1) is 13.2. The highest BCUT2D eigenvalue weighted by Gasteiger charge is 2.22. The van der Waals surface area contributed by atoms with Crippen molar-refractivity contribution in [2.45, 2.75) is 11.4 Å². The Labute approximate surface area is 164 Å². The number of hydrogen-bond acceptors (Lipinski definition) is 5. The molecule has 1 heterocycles. The number of thioether (sulfide) groups is 1. The lowest BCUT2D eigenvalue weighted by molar-refractivity contribution is -0.136. The Bertz CT molecular complexity index is 774. The van der Waals surface area contributed by atoms with Crippen molar-refractivity contribution < 1.29 is 14.3 Å². The van der Waals surface area contributed by atoms with Gasteiger partial charge in [-0.25, -0.2) is 4.79 Å². The number of carbonyl (C=O) groups is 2. The van der Waals surface area contributed by atoms with E-state index in [4.69, 9.17) is 4.74 Å². The topological polar surface area (TPSA) is 49.9 Å². The van der Waals surface area contributed by atoms with Gasteiger partial charge in [0, 0.05) is 37.6 Å². The number of amides is 1. The first kappa shape index (κ1) is 19.5. The Morgan fingerprint density at radius 1 is 0.963 bits per heavy atom. The smallest absolute Gasteiger partial charge is 0.339 e. The van der Waals surface area contributed by atoms with Crippen LogP contribution in [0.5, 0.6) is 0 Å². The maximum absolute atomic E-state index is 12.4. The number of hydrogen-bond donors (Lipinski definition) is 0. The number of rotatable bonds is 6. The molecule has 0 N–H and O–H groups in total. The summed E-state index contributed by atoms with van der Waals surface area (Å²) < 4.78 is 5.25. The minimum atomic E-state index is -0.448.